The van der Waals surface area contributed by atoms with Gasteiger partial charge in [0.2, 0.25) is 0 Å². The summed E-state index contributed by atoms with van der Waals surface area (Å²) in [5.41, 5.74) is 9.42. The van der Waals surface area contributed by atoms with Gasteiger partial charge in [0.05, 0.1) is 28.6 Å². The maximum Gasteiger partial charge on any atom is 0.135 e. The Morgan fingerprint density at radius 3 is 2.58 bits per heavy atom. The van der Waals surface area contributed by atoms with Crippen molar-refractivity contribution in [2.75, 3.05) is 7.05 Å². The van der Waals surface area contributed by atoms with Gasteiger partial charge in [-0.25, -0.2) is 13.8 Å². The summed E-state index contributed by atoms with van der Waals surface area (Å²) in [6.45, 7) is 11.3. The van der Waals surface area contributed by atoms with E-state index in [9.17, 15) is 8.78 Å². The molecular weight excluding hydrogens is 482 g/mol. The molecule has 1 fully saturated rings. The lowest BCUT2D eigenvalue weighted by Crippen LogP contribution is -2.44. The van der Waals surface area contributed by atoms with E-state index in [-0.39, 0.29) is 22.8 Å². The predicted molar refractivity (Wildman–Crippen MR) is 145 cm³/mol. The number of nitrogens with one attached hydrogen (secondary N) is 1. The van der Waals surface area contributed by atoms with Crippen molar-refractivity contribution in [3.05, 3.63) is 82.6 Å². The lowest BCUT2D eigenvalue weighted by Gasteiger charge is -2.39. The van der Waals surface area contributed by atoms with Crippen LogP contribution in [-0.2, 0) is 12.0 Å². The molecule has 0 amide bonds. The van der Waals surface area contributed by atoms with Gasteiger partial charge in [0.1, 0.15) is 23.0 Å². The fourth-order valence-electron chi connectivity index (χ4n) is 6.49. The molecule has 38 heavy (non-hydrogen) atoms. The van der Waals surface area contributed by atoms with Crippen molar-refractivity contribution in [2.45, 2.75) is 65.8 Å². The van der Waals surface area contributed by atoms with Gasteiger partial charge >= 0.3 is 0 Å². The van der Waals surface area contributed by atoms with Crippen molar-refractivity contribution >= 4 is 5.70 Å². The molecule has 6 nitrogen and oxygen atoms in total. The Morgan fingerprint density at radius 1 is 1.13 bits per heavy atom. The van der Waals surface area contributed by atoms with Crippen LogP contribution in [0.15, 0.2) is 54.0 Å². The molecule has 6 rings (SSSR count). The predicted octanol–water partition coefficient (Wildman–Crippen LogP) is 6.41. The van der Waals surface area contributed by atoms with Crippen LogP contribution in [0.4, 0.5) is 8.78 Å². The highest BCUT2D eigenvalue weighted by Gasteiger charge is 2.59. The monoisotopic (exact) mass is 518 g/mol. The number of allylic oxidation sites excluding steroid dienone is 3. The first-order valence-electron chi connectivity index (χ1n) is 13.6. The van der Waals surface area contributed by atoms with Gasteiger partial charge in [-0.2, -0.15) is 5.10 Å². The second-order valence-corrected chi connectivity index (χ2v) is 10.2. The average molecular weight is 519 g/mol. The molecule has 1 aromatic carbocycles. The molecular formula is C30H36F2N6. The van der Waals surface area contributed by atoms with E-state index in [1.807, 2.05) is 30.8 Å². The van der Waals surface area contributed by atoms with E-state index in [2.05, 4.69) is 37.2 Å². The van der Waals surface area contributed by atoms with Gasteiger partial charge in [0, 0.05) is 31.2 Å². The number of nitrogens with zero attached hydrogens (tertiary/aromatic N) is 5. The molecule has 1 aliphatic heterocycles. The minimum Gasteiger partial charge on any atom is -0.301 e. The van der Waals surface area contributed by atoms with Crippen molar-refractivity contribution in [1.29, 1.82) is 0 Å². The van der Waals surface area contributed by atoms with Gasteiger partial charge in [0.15, 0.2) is 0 Å². The fraction of sp³-hybridized carbons (Fsp3) is 0.433. The number of fused-ring (bicyclic) bond motifs is 4. The van der Waals surface area contributed by atoms with Gasteiger partial charge in [0.25, 0.3) is 0 Å². The van der Waals surface area contributed by atoms with Crippen molar-refractivity contribution in [1.82, 2.24) is 30.2 Å². The topological polar surface area (TPSA) is 58.9 Å². The maximum atomic E-state index is 14.7. The van der Waals surface area contributed by atoms with E-state index in [1.54, 1.807) is 18.3 Å². The normalized spacial score (nSPS) is 23.6. The number of aryl methyl sites for hydroxylation is 2. The zero-order valence-electron chi connectivity index (χ0n) is 23.0. The molecule has 3 aliphatic rings. The average Bonchev–Trinajstić information content (AvgIpc) is 3.53. The quantitative estimate of drug-likeness (QED) is 0.423. The van der Waals surface area contributed by atoms with Crippen molar-refractivity contribution in [3.63, 3.8) is 0 Å². The Labute approximate surface area is 223 Å². The van der Waals surface area contributed by atoms with E-state index in [4.69, 9.17) is 10.1 Å². The van der Waals surface area contributed by atoms with Crippen LogP contribution in [0, 0.1) is 30.4 Å². The number of hydrazine groups is 1. The zero-order valence-corrected chi connectivity index (χ0v) is 23.0. The van der Waals surface area contributed by atoms with E-state index >= 15 is 0 Å². The molecule has 3 aromatic rings. The summed E-state index contributed by atoms with van der Waals surface area (Å²) < 4.78 is 31.3. The van der Waals surface area contributed by atoms with E-state index in [0.29, 0.717) is 5.70 Å². The zero-order chi connectivity index (χ0) is 27.2. The summed E-state index contributed by atoms with van der Waals surface area (Å²) in [6.07, 6.45) is 8.55. The largest absolute Gasteiger partial charge is 0.301 e. The van der Waals surface area contributed by atoms with E-state index in [0.717, 1.165) is 59.9 Å². The highest BCUT2D eigenvalue weighted by atomic mass is 19.1. The van der Waals surface area contributed by atoms with Crippen LogP contribution in [0.3, 0.4) is 0 Å². The van der Waals surface area contributed by atoms with Crippen LogP contribution in [0.2, 0.25) is 0 Å². The van der Waals surface area contributed by atoms with Gasteiger partial charge in [-0.15, -0.1) is 0 Å². The molecule has 3 heterocycles. The molecule has 2 aliphatic carbocycles. The molecule has 1 saturated carbocycles. The van der Waals surface area contributed by atoms with Gasteiger partial charge in [-0.05, 0) is 67.9 Å². The van der Waals surface area contributed by atoms with E-state index in [1.165, 1.54) is 18.2 Å². The van der Waals surface area contributed by atoms with Gasteiger partial charge in [-0.3, -0.25) is 14.7 Å². The Hall–Kier alpha value is -3.55. The molecule has 0 radical (unpaired) electrons. The summed E-state index contributed by atoms with van der Waals surface area (Å²) in [5.74, 6) is -0.585. The SMILES string of the molecule is CC.CCCn1nc(-c2cncc([C@@]34CC[C@@H](C5=C3NN(C)C(c3c(F)cccc3F)=C5)C4C)n2)cc1C. The minimum absolute atomic E-state index is 0.0108. The third kappa shape index (κ3) is 3.84. The lowest BCUT2D eigenvalue weighted by molar-refractivity contribution is 0.304. The van der Waals surface area contributed by atoms with Crippen molar-refractivity contribution < 1.29 is 8.78 Å². The number of rotatable bonds is 5. The Kier molecular flexibility index (Phi) is 6.84. The smallest absolute Gasteiger partial charge is 0.135 e. The highest BCUT2D eigenvalue weighted by molar-refractivity contribution is 5.71. The summed E-state index contributed by atoms with van der Waals surface area (Å²) >= 11 is 0. The summed E-state index contributed by atoms with van der Waals surface area (Å²) in [7, 11) is 1.80. The first-order valence-corrected chi connectivity index (χ1v) is 13.6. The third-order valence-electron chi connectivity index (χ3n) is 8.29. The summed E-state index contributed by atoms with van der Waals surface area (Å²) in [6, 6.07) is 6.05. The Balaban J connectivity index is 0.00000144. The van der Waals surface area contributed by atoms with Crippen molar-refractivity contribution in [3.8, 4) is 11.4 Å². The molecule has 0 saturated heterocycles. The van der Waals surface area contributed by atoms with Gasteiger partial charge in [-0.1, -0.05) is 33.8 Å². The van der Waals surface area contributed by atoms with Crippen LogP contribution in [0.1, 0.15) is 63.9 Å². The van der Waals surface area contributed by atoms with Crippen LogP contribution < -0.4 is 5.43 Å². The number of halogens is 2. The summed E-state index contributed by atoms with van der Waals surface area (Å²) in [4.78, 5) is 9.70. The molecule has 1 N–H and O–H groups in total. The second-order valence-electron chi connectivity index (χ2n) is 10.2. The second kappa shape index (κ2) is 9.97. The molecule has 2 aromatic heterocycles. The highest BCUT2D eigenvalue weighted by Crippen LogP contribution is 2.62. The fourth-order valence-corrected chi connectivity index (χ4v) is 6.49. The Bertz CT molecular complexity index is 1400. The Morgan fingerprint density at radius 2 is 1.87 bits per heavy atom. The van der Waals surface area contributed by atoms with Crippen LogP contribution >= 0.6 is 0 Å². The van der Waals surface area contributed by atoms with Crippen molar-refractivity contribution in [2.24, 2.45) is 11.8 Å². The number of aromatic nitrogens is 4. The number of hydrogen-bond acceptors (Lipinski definition) is 5. The lowest BCUT2D eigenvalue weighted by atomic mass is 9.75. The summed E-state index contributed by atoms with van der Waals surface area (Å²) in [5, 5.41) is 6.49. The molecule has 200 valence electrons. The first kappa shape index (κ1) is 26.1. The molecule has 0 spiro atoms. The van der Waals surface area contributed by atoms with Gasteiger partial charge < -0.3 is 5.43 Å². The minimum atomic E-state index is -0.568. The molecule has 8 heteroatoms. The number of hydrogen-bond donors (Lipinski definition) is 1. The van der Waals surface area contributed by atoms with Crippen LogP contribution in [0.5, 0.6) is 0 Å². The van der Waals surface area contributed by atoms with Crippen LogP contribution in [0.25, 0.3) is 17.1 Å². The first-order chi connectivity index (χ1) is 18.3. The third-order valence-corrected chi connectivity index (χ3v) is 8.29. The van der Waals surface area contributed by atoms with E-state index < -0.39 is 11.6 Å². The standard InChI is InChI=1S/C28H30F2N6.C2H6/c1-5-11-36-16(2)12-22(33-36)23-14-31-15-25(32-23)28-10-9-18(17(28)3)19-13-24(35(4)34-27(19)28)26-20(29)7-6-8-21(26)30;1-2/h6-8,12-15,17-18,34H,5,9-11H2,1-4H3;1-2H3/t17?,18-,28+;/m1./s1. The number of benzene rings is 1. The molecule has 2 bridgehead atoms. The van der Waals surface area contributed by atoms with Crippen LogP contribution in [-0.4, -0.2) is 31.8 Å². The molecule has 3 atom stereocenters. The maximum absolute atomic E-state index is 14.7. The molecule has 1 unspecified atom stereocenters.